The van der Waals surface area contributed by atoms with Gasteiger partial charge in [0.1, 0.15) is 0 Å². The zero-order valence-corrected chi connectivity index (χ0v) is 37.1. The van der Waals surface area contributed by atoms with Crippen molar-refractivity contribution in [3.8, 4) is 0 Å². The molecular weight excluding hydrogens is 1250 g/mol. The van der Waals surface area contributed by atoms with Gasteiger partial charge in [-0.1, -0.05) is 0 Å². The van der Waals surface area contributed by atoms with Gasteiger partial charge < -0.3 is 16.4 Å². The first-order valence-electron chi connectivity index (χ1n) is 0. The molecule has 0 aliphatic heterocycles. The van der Waals surface area contributed by atoms with E-state index < -0.39 is 0 Å². The molecule has 0 atom stereocenters. The van der Waals surface area contributed by atoms with Crippen LogP contribution in [-0.4, -0.2) is 0 Å². The average molecular weight is 1250 g/mol. The molecule has 0 heterocycles. The first-order valence-corrected chi connectivity index (χ1v) is 0. The summed E-state index contributed by atoms with van der Waals surface area (Å²) in [5.41, 5.74) is 0. The van der Waals surface area contributed by atoms with E-state index in [1.165, 1.54) is 0 Å². The number of hydrogen-bond acceptors (Lipinski definition) is 0. The Morgan fingerprint density at radius 3 is 0.462 bits per heavy atom. The molecule has 0 bridgehead atoms. The molecule has 0 aromatic carbocycles. The van der Waals surface area contributed by atoms with Gasteiger partial charge in [0.15, 0.2) is 0 Å². The van der Waals surface area contributed by atoms with Crippen LogP contribution in [0.4, 0.5) is 0 Å². The molecule has 0 saturated heterocycles. The zero-order chi connectivity index (χ0) is 0. The van der Waals surface area contributed by atoms with Crippen molar-refractivity contribution in [2.24, 2.45) is 0 Å². The molecule has 0 saturated carbocycles. The normalized spacial score (nSPS) is 0. The third-order valence-electron chi connectivity index (χ3n) is 0. The van der Waals surface area contributed by atoms with Gasteiger partial charge in [-0.3, -0.25) is 0 Å². The van der Waals surface area contributed by atoms with Crippen LogP contribution in [-0.2, 0) is 134 Å². The summed E-state index contributed by atoms with van der Waals surface area (Å²) in [7, 11) is 0. The molecule has 0 rings (SSSR count). The molecule has 0 amide bonds. The fraction of sp³-hybridized carbons (Fsp3) is 0. The van der Waals surface area contributed by atoms with Gasteiger partial charge >= 0.3 is 65.4 Å². The molecule has 0 spiro atoms. The van der Waals surface area contributed by atoms with Gasteiger partial charge in [-0.25, -0.2) is 0 Å². The van der Waals surface area contributed by atoms with E-state index in [1.54, 1.807) is 0 Å². The first kappa shape index (κ1) is 101. The van der Waals surface area contributed by atoms with Crippen LogP contribution in [0.3, 0.4) is 0 Å². The molecule has 0 aromatic rings. The van der Waals surface area contributed by atoms with Gasteiger partial charge in [0, 0.05) is 289 Å². The van der Waals surface area contributed by atoms with E-state index in [1.807, 2.05) is 0 Å². The Kier molecular flexibility index (Phi) is 696. The average Bonchev–Trinajstić information content (AvgIpc) is 0. The monoisotopic (exact) mass is 1250 g/mol. The Morgan fingerprint density at radius 1 is 0.462 bits per heavy atom. The molecule has 0 aliphatic carbocycles. The van der Waals surface area contributed by atoms with E-state index in [-0.39, 0.29) is 371 Å². The van der Waals surface area contributed by atoms with Crippen LogP contribution in [0, 0.1) is 236 Å². The molecule has 3 nitrogen and oxygen atoms in total. The Hall–Kier alpha value is 11.7. The minimum Gasteiger partial charge on any atom is -2.00 e. The molecule has 0 fully saturated rings. The van der Waals surface area contributed by atoms with Gasteiger partial charge in [0.25, 0.3) is 0 Å². The van der Waals surface area contributed by atoms with Crippen LogP contribution >= 0.6 is 0 Å². The second-order valence-electron chi connectivity index (χ2n) is 0. The maximum Gasteiger partial charge on any atom is 3.00 e. The third-order valence-corrected chi connectivity index (χ3v) is 0. The van der Waals surface area contributed by atoms with E-state index in [2.05, 4.69) is 0 Å². The summed E-state index contributed by atoms with van der Waals surface area (Å²) in [6.07, 6.45) is 0. The maximum absolute atomic E-state index is 0. The summed E-state index contributed by atoms with van der Waals surface area (Å²) in [4.78, 5) is 0. The Morgan fingerprint density at radius 2 is 0.462 bits per heavy atom. The van der Waals surface area contributed by atoms with Gasteiger partial charge in [0.2, 0.25) is 0 Å². The summed E-state index contributed by atoms with van der Waals surface area (Å²) in [6, 6.07) is 0. The van der Waals surface area contributed by atoms with Crippen LogP contribution in [0.5, 0.6) is 0 Å². The Balaban J connectivity index is 0. The number of hydrogen-bond donors (Lipinski definition) is 0. The van der Waals surface area contributed by atoms with Crippen molar-refractivity contribution < 1.29 is 371 Å². The van der Waals surface area contributed by atoms with E-state index in [0.717, 1.165) is 0 Å². The van der Waals surface area contributed by atoms with Crippen molar-refractivity contribution in [1.82, 2.24) is 0 Å². The van der Waals surface area contributed by atoms with Crippen LogP contribution in [0.1, 0.15) is 0 Å². The molecule has 13 heavy (non-hydrogen) atoms. The van der Waals surface area contributed by atoms with Crippen molar-refractivity contribution in [2.75, 3.05) is 0 Å². The van der Waals surface area contributed by atoms with E-state index >= 15 is 0 Å². The predicted molar refractivity (Wildman–Crippen MR) is 2.06 cm³/mol. The summed E-state index contributed by atoms with van der Waals surface area (Å²) in [5.74, 6) is 0. The molecule has 0 aromatic heterocycles. The maximum atomic E-state index is 0. The quantitative estimate of drug-likeness (QED) is 0.318. The fourth-order valence-corrected chi connectivity index (χ4v) is 0. The van der Waals surface area contributed by atoms with Crippen molar-refractivity contribution in [3.63, 3.8) is 0 Å². The molecular formula is Ce2La2Nd2O3Y2Zr2. The topological polar surface area (TPSA) is 85.5 Å². The van der Waals surface area contributed by atoms with Gasteiger partial charge in [0.05, 0.1) is 0 Å². The second kappa shape index (κ2) is 89.2. The fourth-order valence-electron chi connectivity index (χ4n) is 0. The third kappa shape index (κ3) is 81.5. The van der Waals surface area contributed by atoms with Crippen LogP contribution in [0.15, 0.2) is 0 Å². The largest absolute Gasteiger partial charge is 3.00 e. The molecule has 2 radical (unpaired) electrons. The van der Waals surface area contributed by atoms with Crippen molar-refractivity contribution >= 4 is 0 Å². The van der Waals surface area contributed by atoms with Gasteiger partial charge in [-0.05, 0) is 0 Å². The second-order valence-corrected chi connectivity index (χ2v) is 0. The van der Waals surface area contributed by atoms with Crippen molar-refractivity contribution in [1.29, 1.82) is 0 Å². The van der Waals surface area contributed by atoms with Crippen LogP contribution in [0.2, 0.25) is 0 Å². The van der Waals surface area contributed by atoms with E-state index in [0.29, 0.717) is 0 Å². The minimum absolute atomic E-state index is 0. The molecule has 13 heteroatoms. The van der Waals surface area contributed by atoms with E-state index in [9.17, 15) is 0 Å². The van der Waals surface area contributed by atoms with Crippen LogP contribution < -0.4 is 0 Å². The molecule has 0 aliphatic rings. The summed E-state index contributed by atoms with van der Waals surface area (Å²) in [6.45, 7) is 0. The van der Waals surface area contributed by atoms with Gasteiger partial charge in [-0.2, -0.15) is 0 Å². The van der Waals surface area contributed by atoms with Crippen molar-refractivity contribution in [2.45, 2.75) is 0 Å². The predicted octanol–water partition coefficient (Wildman–Crippen LogP) is -0.366. The molecule has 54 valence electrons. The standard InChI is InChI=1S/2Ce.2La.2Nd.3O.2Y.2Zr/q;;;;;;3*-2;2*+3;;. The Bertz CT molecular complexity index is 33.4. The smallest absolute Gasteiger partial charge is 2.00 e. The molecule has 0 N–H and O–H groups in total. The number of rotatable bonds is 0. The minimum atomic E-state index is 0. The first-order chi connectivity index (χ1) is 0. The van der Waals surface area contributed by atoms with Crippen molar-refractivity contribution in [3.05, 3.63) is 0 Å². The SMILES string of the molecule is [Ce].[Ce].[La].[La].[Nd].[Nd].[O-2].[O-2].[O-2].[Y+3].[Y+3].[Zr].[Zr]. The van der Waals surface area contributed by atoms with Gasteiger partial charge in [-0.15, -0.1) is 0 Å². The summed E-state index contributed by atoms with van der Waals surface area (Å²) < 4.78 is 0. The summed E-state index contributed by atoms with van der Waals surface area (Å²) >= 11 is 0. The summed E-state index contributed by atoms with van der Waals surface area (Å²) in [5, 5.41) is 0. The Labute approximate surface area is 357 Å². The zero-order valence-electron chi connectivity index (χ0n) is 6.53. The van der Waals surface area contributed by atoms with E-state index in [4.69, 9.17) is 0 Å². The van der Waals surface area contributed by atoms with Crippen LogP contribution in [0.25, 0.3) is 0 Å². The molecule has 0 unspecified atom stereocenters.